The maximum atomic E-state index is 12.6. The van der Waals surface area contributed by atoms with Crippen molar-refractivity contribution in [3.05, 3.63) is 41.2 Å². The third kappa shape index (κ3) is 3.05. The van der Waals surface area contributed by atoms with Gasteiger partial charge in [0.05, 0.1) is 16.9 Å². The maximum Gasteiger partial charge on any atom is 0.326 e. The van der Waals surface area contributed by atoms with E-state index < -0.39 is 17.9 Å². The number of para-hydroxylation sites is 1. The van der Waals surface area contributed by atoms with Gasteiger partial charge < -0.3 is 10.0 Å². The minimum absolute atomic E-state index is 0.109. The number of benzene rings is 1. The fourth-order valence-electron chi connectivity index (χ4n) is 2.70. The summed E-state index contributed by atoms with van der Waals surface area (Å²) in [6.45, 7) is 0.411. The molecule has 23 heavy (non-hydrogen) atoms. The van der Waals surface area contributed by atoms with Crippen LogP contribution in [0.5, 0.6) is 0 Å². The van der Waals surface area contributed by atoms with E-state index in [4.69, 9.17) is 11.6 Å². The molecule has 120 valence electrons. The monoisotopic (exact) mass is 334 g/mol. The van der Waals surface area contributed by atoms with Gasteiger partial charge in [0.25, 0.3) is 5.91 Å². The quantitative estimate of drug-likeness (QED) is 0.927. The van der Waals surface area contributed by atoms with E-state index in [0.29, 0.717) is 23.7 Å². The van der Waals surface area contributed by atoms with Gasteiger partial charge in [-0.15, -0.1) is 5.10 Å². The molecule has 1 aromatic heterocycles. The molecule has 0 unspecified atom stereocenters. The Bertz CT molecular complexity index is 746. The van der Waals surface area contributed by atoms with Crippen molar-refractivity contribution in [2.45, 2.75) is 25.3 Å². The van der Waals surface area contributed by atoms with Crippen LogP contribution in [0.25, 0.3) is 5.69 Å². The first-order valence-electron chi connectivity index (χ1n) is 7.29. The highest BCUT2D eigenvalue weighted by molar-refractivity contribution is 6.32. The summed E-state index contributed by atoms with van der Waals surface area (Å²) in [4.78, 5) is 25.2. The van der Waals surface area contributed by atoms with Crippen molar-refractivity contribution >= 4 is 23.5 Å². The highest BCUT2D eigenvalue weighted by Gasteiger charge is 2.33. The normalized spacial score (nSPS) is 18.0. The van der Waals surface area contributed by atoms with Gasteiger partial charge in [-0.05, 0) is 31.4 Å². The lowest BCUT2D eigenvalue weighted by atomic mass is 10.0. The number of halogens is 1. The Kier molecular flexibility index (Phi) is 4.29. The van der Waals surface area contributed by atoms with Crippen LogP contribution >= 0.6 is 11.6 Å². The van der Waals surface area contributed by atoms with E-state index in [1.165, 1.54) is 15.8 Å². The van der Waals surface area contributed by atoms with Crippen molar-refractivity contribution in [1.29, 1.82) is 0 Å². The number of piperidine rings is 1. The number of carboxylic acid groups (broad SMARTS) is 1. The minimum Gasteiger partial charge on any atom is -0.480 e. The van der Waals surface area contributed by atoms with Crippen LogP contribution in [0.4, 0.5) is 0 Å². The Morgan fingerprint density at radius 2 is 2.04 bits per heavy atom. The van der Waals surface area contributed by atoms with E-state index in [2.05, 4.69) is 10.3 Å². The van der Waals surface area contributed by atoms with Gasteiger partial charge in [-0.3, -0.25) is 4.79 Å². The number of aromatic nitrogens is 3. The number of nitrogens with zero attached hydrogens (tertiary/aromatic N) is 4. The Morgan fingerprint density at radius 3 is 2.78 bits per heavy atom. The smallest absolute Gasteiger partial charge is 0.326 e. The zero-order chi connectivity index (χ0) is 16.4. The van der Waals surface area contributed by atoms with Gasteiger partial charge in [-0.1, -0.05) is 28.9 Å². The fraction of sp³-hybridized carbons (Fsp3) is 0.333. The maximum absolute atomic E-state index is 12.6. The van der Waals surface area contributed by atoms with Crippen LogP contribution < -0.4 is 0 Å². The zero-order valence-electron chi connectivity index (χ0n) is 12.2. The number of rotatable bonds is 3. The van der Waals surface area contributed by atoms with E-state index in [-0.39, 0.29) is 5.69 Å². The van der Waals surface area contributed by atoms with Gasteiger partial charge in [0, 0.05) is 6.54 Å². The molecule has 1 aromatic carbocycles. The molecule has 3 rings (SSSR count). The summed E-state index contributed by atoms with van der Waals surface area (Å²) in [5.41, 5.74) is 0.715. The van der Waals surface area contributed by atoms with Gasteiger partial charge in [-0.2, -0.15) is 0 Å². The SMILES string of the molecule is O=C(O)[C@H]1CCCCN1C(=O)c1cn(-c2ccccc2Cl)nn1. The Hall–Kier alpha value is -2.41. The molecule has 1 saturated heterocycles. The fourth-order valence-corrected chi connectivity index (χ4v) is 2.92. The molecule has 1 fully saturated rings. The molecule has 1 N–H and O–H groups in total. The molecule has 0 saturated carbocycles. The minimum atomic E-state index is -0.989. The number of aliphatic carboxylic acids is 1. The zero-order valence-corrected chi connectivity index (χ0v) is 13.0. The van der Waals surface area contributed by atoms with Crippen molar-refractivity contribution in [3.8, 4) is 5.69 Å². The molecule has 0 bridgehead atoms. The third-order valence-corrected chi connectivity index (χ3v) is 4.18. The standard InChI is InChI=1S/C15H15ClN4O3/c16-10-5-1-2-6-12(10)20-9-11(17-18-20)14(21)19-8-4-3-7-13(19)15(22)23/h1-2,5-6,9,13H,3-4,7-8H2,(H,22,23)/t13-/m1/s1. The number of amides is 1. The number of carbonyl (C=O) groups is 2. The highest BCUT2D eigenvalue weighted by atomic mass is 35.5. The van der Waals surface area contributed by atoms with Gasteiger partial charge in [0.15, 0.2) is 5.69 Å². The van der Waals surface area contributed by atoms with E-state index in [1.54, 1.807) is 24.3 Å². The lowest BCUT2D eigenvalue weighted by Crippen LogP contribution is -2.48. The first-order chi connectivity index (χ1) is 11.1. The Morgan fingerprint density at radius 1 is 1.26 bits per heavy atom. The molecule has 7 nitrogen and oxygen atoms in total. The molecule has 1 aliphatic heterocycles. The average molecular weight is 335 g/mol. The largest absolute Gasteiger partial charge is 0.480 e. The van der Waals surface area contributed by atoms with E-state index >= 15 is 0 Å². The van der Waals surface area contributed by atoms with Crippen LogP contribution in [0.2, 0.25) is 5.02 Å². The van der Waals surface area contributed by atoms with Gasteiger partial charge in [0.1, 0.15) is 6.04 Å². The Balaban J connectivity index is 1.86. The first kappa shape index (κ1) is 15.5. The molecule has 2 aromatic rings. The summed E-state index contributed by atoms with van der Waals surface area (Å²) in [6, 6.07) is 6.26. The van der Waals surface area contributed by atoms with Gasteiger partial charge in [0.2, 0.25) is 0 Å². The average Bonchev–Trinajstić information content (AvgIpc) is 3.04. The second kappa shape index (κ2) is 6.37. The van der Waals surface area contributed by atoms with Crippen LogP contribution in [0.15, 0.2) is 30.5 Å². The number of hydrogen-bond donors (Lipinski definition) is 1. The van der Waals surface area contributed by atoms with Gasteiger partial charge >= 0.3 is 5.97 Å². The number of likely N-dealkylation sites (tertiary alicyclic amines) is 1. The molecule has 2 heterocycles. The molecule has 1 aliphatic rings. The molecule has 1 atom stereocenters. The van der Waals surface area contributed by atoms with Crippen LogP contribution in [0, 0.1) is 0 Å². The summed E-state index contributed by atoms with van der Waals surface area (Å²) in [7, 11) is 0. The first-order valence-corrected chi connectivity index (χ1v) is 7.67. The molecule has 0 radical (unpaired) electrons. The van der Waals surface area contributed by atoms with Crippen molar-refractivity contribution < 1.29 is 14.7 Å². The second-order valence-corrected chi connectivity index (χ2v) is 5.76. The van der Waals surface area contributed by atoms with Crippen molar-refractivity contribution in [3.63, 3.8) is 0 Å². The lowest BCUT2D eigenvalue weighted by molar-refractivity contribution is -0.143. The predicted molar refractivity (Wildman–Crippen MR) is 82.7 cm³/mol. The summed E-state index contributed by atoms with van der Waals surface area (Å²) in [5.74, 6) is -1.41. The molecule has 1 amide bonds. The van der Waals surface area contributed by atoms with E-state index in [1.807, 2.05) is 0 Å². The summed E-state index contributed by atoms with van der Waals surface area (Å²) in [6.07, 6.45) is 3.51. The van der Waals surface area contributed by atoms with Crippen molar-refractivity contribution in [1.82, 2.24) is 19.9 Å². The van der Waals surface area contributed by atoms with Crippen LogP contribution in [-0.4, -0.2) is 49.5 Å². The van der Waals surface area contributed by atoms with Crippen molar-refractivity contribution in [2.75, 3.05) is 6.54 Å². The molecule has 8 heteroatoms. The summed E-state index contributed by atoms with van der Waals surface area (Å²) >= 11 is 6.10. The number of hydrogen-bond acceptors (Lipinski definition) is 4. The number of carboxylic acids is 1. The van der Waals surface area contributed by atoms with Crippen LogP contribution in [0.1, 0.15) is 29.8 Å². The van der Waals surface area contributed by atoms with Gasteiger partial charge in [-0.25, -0.2) is 9.48 Å². The predicted octanol–water partition coefficient (Wildman–Crippen LogP) is 2.00. The van der Waals surface area contributed by atoms with Crippen molar-refractivity contribution in [2.24, 2.45) is 0 Å². The number of carbonyl (C=O) groups excluding carboxylic acids is 1. The van der Waals surface area contributed by atoms with Crippen LogP contribution in [-0.2, 0) is 4.79 Å². The van der Waals surface area contributed by atoms with Crippen LogP contribution in [0.3, 0.4) is 0 Å². The second-order valence-electron chi connectivity index (χ2n) is 5.35. The molecule has 0 spiro atoms. The molecular formula is C15H15ClN4O3. The van der Waals surface area contributed by atoms with E-state index in [9.17, 15) is 14.7 Å². The summed E-state index contributed by atoms with van der Waals surface area (Å²) < 4.78 is 1.41. The highest BCUT2D eigenvalue weighted by Crippen LogP contribution is 2.21. The molecule has 0 aliphatic carbocycles. The lowest BCUT2D eigenvalue weighted by Gasteiger charge is -2.32. The van der Waals surface area contributed by atoms with E-state index in [0.717, 1.165) is 12.8 Å². The summed E-state index contributed by atoms with van der Waals surface area (Å²) in [5, 5.41) is 17.5. The Labute approximate surface area is 137 Å². The third-order valence-electron chi connectivity index (χ3n) is 3.86. The topological polar surface area (TPSA) is 88.3 Å². The molecular weight excluding hydrogens is 320 g/mol.